The Morgan fingerprint density at radius 1 is 1.43 bits per heavy atom. The molecule has 0 heterocycles. The van der Waals surface area contributed by atoms with Gasteiger partial charge < -0.3 is 5.11 Å². The first-order chi connectivity index (χ1) is 6.54. The van der Waals surface area contributed by atoms with Gasteiger partial charge in [-0.3, -0.25) is 4.79 Å². The summed E-state index contributed by atoms with van der Waals surface area (Å²) in [6, 6.07) is 1.77. The first-order valence-corrected chi connectivity index (χ1v) is 4.15. The molecule has 0 fully saturated rings. The van der Waals surface area contributed by atoms with E-state index in [-0.39, 0.29) is 12.0 Å². The summed E-state index contributed by atoms with van der Waals surface area (Å²) < 4.78 is 25.5. The van der Waals surface area contributed by atoms with E-state index in [0.29, 0.717) is 11.8 Å². The van der Waals surface area contributed by atoms with E-state index in [1.165, 1.54) is 6.92 Å². The Hall–Kier alpha value is -1.29. The van der Waals surface area contributed by atoms with E-state index in [0.717, 1.165) is 12.1 Å². The van der Waals surface area contributed by atoms with E-state index in [1.54, 1.807) is 0 Å². The van der Waals surface area contributed by atoms with Crippen molar-refractivity contribution < 1.29 is 18.7 Å². The Bertz CT molecular complexity index is 348. The Balaban J connectivity index is 3.13. The number of halogens is 2. The zero-order valence-electron chi connectivity index (χ0n) is 7.63. The highest BCUT2D eigenvalue weighted by Gasteiger charge is 2.10. The number of hydrogen-bond acceptors (Lipinski definition) is 2. The van der Waals surface area contributed by atoms with Crippen molar-refractivity contribution in [3.05, 3.63) is 34.9 Å². The first kappa shape index (κ1) is 10.8. The van der Waals surface area contributed by atoms with Gasteiger partial charge in [0.05, 0.1) is 6.10 Å². The van der Waals surface area contributed by atoms with Gasteiger partial charge in [-0.2, -0.15) is 0 Å². The summed E-state index contributed by atoms with van der Waals surface area (Å²) in [5, 5.41) is 9.05. The molecular formula is C10H10F2O2. The predicted octanol–water partition coefficient (Wildman–Crippen LogP) is 1.70. The third-order valence-electron chi connectivity index (χ3n) is 1.82. The molecule has 14 heavy (non-hydrogen) atoms. The molecule has 0 spiro atoms. The normalized spacial score (nSPS) is 12.6. The third-order valence-corrected chi connectivity index (χ3v) is 1.82. The number of aliphatic hydroxyl groups excluding tert-OH is 1. The molecule has 0 saturated carbocycles. The zero-order chi connectivity index (χ0) is 10.7. The summed E-state index contributed by atoms with van der Waals surface area (Å²) in [7, 11) is 0. The van der Waals surface area contributed by atoms with Gasteiger partial charge >= 0.3 is 0 Å². The maximum Gasteiger partial charge on any atom is 0.159 e. The van der Waals surface area contributed by atoms with Gasteiger partial charge in [-0.25, -0.2) is 8.78 Å². The van der Waals surface area contributed by atoms with Crippen LogP contribution in [0.25, 0.3) is 0 Å². The lowest BCUT2D eigenvalue weighted by Crippen LogP contribution is -2.07. The number of carbonyl (C=O) groups is 1. The van der Waals surface area contributed by atoms with Crippen LogP contribution in [0.1, 0.15) is 22.8 Å². The minimum Gasteiger partial charge on any atom is -0.393 e. The summed E-state index contributed by atoms with van der Waals surface area (Å²) >= 11 is 0. The number of hydrogen-bond donors (Lipinski definition) is 1. The molecule has 0 aromatic heterocycles. The summed E-state index contributed by atoms with van der Waals surface area (Å²) in [5.74, 6) is -2.06. The van der Waals surface area contributed by atoms with Gasteiger partial charge in [0.15, 0.2) is 11.6 Å². The molecule has 0 saturated heterocycles. The molecule has 0 amide bonds. The van der Waals surface area contributed by atoms with Crippen molar-refractivity contribution >= 4 is 6.29 Å². The van der Waals surface area contributed by atoms with Crippen LogP contribution in [0.5, 0.6) is 0 Å². The number of carbonyl (C=O) groups excluding carboxylic acids is 1. The molecule has 1 aromatic carbocycles. The summed E-state index contributed by atoms with van der Waals surface area (Å²) in [4.78, 5) is 10.5. The molecule has 0 aliphatic heterocycles. The van der Waals surface area contributed by atoms with Gasteiger partial charge in [0.2, 0.25) is 0 Å². The summed E-state index contributed by atoms with van der Waals surface area (Å²) in [6.45, 7) is 1.51. The molecule has 0 aliphatic rings. The molecule has 1 atom stereocenters. The fourth-order valence-electron chi connectivity index (χ4n) is 1.21. The highest BCUT2D eigenvalue weighted by atomic mass is 19.2. The van der Waals surface area contributed by atoms with Gasteiger partial charge in [-0.1, -0.05) is 0 Å². The van der Waals surface area contributed by atoms with Crippen molar-refractivity contribution in [3.63, 3.8) is 0 Å². The van der Waals surface area contributed by atoms with Gasteiger partial charge in [0, 0.05) is 5.56 Å². The van der Waals surface area contributed by atoms with Crippen LogP contribution in [0.3, 0.4) is 0 Å². The van der Waals surface area contributed by atoms with Crippen LogP contribution in [-0.4, -0.2) is 17.5 Å². The van der Waals surface area contributed by atoms with E-state index in [4.69, 9.17) is 5.11 Å². The van der Waals surface area contributed by atoms with E-state index in [1.807, 2.05) is 0 Å². The maximum atomic E-state index is 12.8. The van der Waals surface area contributed by atoms with Crippen molar-refractivity contribution in [2.45, 2.75) is 19.4 Å². The van der Waals surface area contributed by atoms with Crippen LogP contribution >= 0.6 is 0 Å². The van der Waals surface area contributed by atoms with Crippen LogP contribution in [0.2, 0.25) is 0 Å². The molecule has 0 aliphatic carbocycles. The predicted molar refractivity (Wildman–Crippen MR) is 47.1 cm³/mol. The van der Waals surface area contributed by atoms with Crippen molar-refractivity contribution in [1.82, 2.24) is 0 Å². The largest absolute Gasteiger partial charge is 0.393 e. The first-order valence-electron chi connectivity index (χ1n) is 4.15. The van der Waals surface area contributed by atoms with Gasteiger partial charge in [0.25, 0.3) is 0 Å². The van der Waals surface area contributed by atoms with Gasteiger partial charge in [-0.15, -0.1) is 0 Å². The Morgan fingerprint density at radius 3 is 2.50 bits per heavy atom. The van der Waals surface area contributed by atoms with E-state index in [9.17, 15) is 13.6 Å². The Labute approximate surface area is 80.2 Å². The lowest BCUT2D eigenvalue weighted by atomic mass is 10.0. The lowest BCUT2D eigenvalue weighted by Gasteiger charge is -2.07. The van der Waals surface area contributed by atoms with Crippen molar-refractivity contribution in [2.24, 2.45) is 0 Å². The minimum absolute atomic E-state index is 0.0739. The average Bonchev–Trinajstić information content (AvgIpc) is 2.10. The second-order valence-electron chi connectivity index (χ2n) is 3.14. The molecule has 1 aromatic rings. The number of rotatable bonds is 3. The number of aliphatic hydroxyl groups is 1. The average molecular weight is 200 g/mol. The van der Waals surface area contributed by atoms with Gasteiger partial charge in [-0.05, 0) is 31.0 Å². The molecule has 0 bridgehead atoms. The minimum atomic E-state index is -1.05. The van der Waals surface area contributed by atoms with Crippen LogP contribution < -0.4 is 0 Å². The van der Waals surface area contributed by atoms with Crippen LogP contribution in [0.15, 0.2) is 12.1 Å². The van der Waals surface area contributed by atoms with Crippen LogP contribution in [0, 0.1) is 11.6 Å². The second kappa shape index (κ2) is 4.28. The second-order valence-corrected chi connectivity index (χ2v) is 3.14. The fourth-order valence-corrected chi connectivity index (χ4v) is 1.21. The number of benzene rings is 1. The van der Waals surface area contributed by atoms with Crippen LogP contribution in [-0.2, 0) is 6.42 Å². The van der Waals surface area contributed by atoms with E-state index < -0.39 is 17.7 Å². The molecule has 1 N–H and O–H groups in total. The maximum absolute atomic E-state index is 12.8. The summed E-state index contributed by atoms with van der Waals surface area (Å²) in [5.41, 5.74) is 0.388. The fraction of sp³-hybridized carbons (Fsp3) is 0.300. The quantitative estimate of drug-likeness (QED) is 0.754. The molecule has 2 nitrogen and oxygen atoms in total. The highest BCUT2D eigenvalue weighted by Crippen LogP contribution is 2.15. The third kappa shape index (κ3) is 2.35. The van der Waals surface area contributed by atoms with E-state index >= 15 is 0 Å². The van der Waals surface area contributed by atoms with Crippen LogP contribution in [0.4, 0.5) is 8.78 Å². The lowest BCUT2D eigenvalue weighted by molar-refractivity contribution is 0.112. The summed E-state index contributed by atoms with van der Waals surface area (Å²) in [6.07, 6.45) is -0.121. The topological polar surface area (TPSA) is 37.3 Å². The molecule has 76 valence electrons. The standard InChI is InChI=1S/C10H10F2O2/c1-6(14)2-7-3-9(11)10(12)4-8(7)5-13/h3-6,14H,2H2,1H3. The van der Waals surface area contributed by atoms with E-state index in [2.05, 4.69) is 0 Å². The SMILES string of the molecule is CC(O)Cc1cc(F)c(F)cc1C=O. The molecule has 1 unspecified atom stereocenters. The number of aldehydes is 1. The van der Waals surface area contributed by atoms with Gasteiger partial charge in [0.1, 0.15) is 6.29 Å². The highest BCUT2D eigenvalue weighted by molar-refractivity contribution is 5.77. The van der Waals surface area contributed by atoms with Crippen molar-refractivity contribution in [3.8, 4) is 0 Å². The smallest absolute Gasteiger partial charge is 0.159 e. The van der Waals surface area contributed by atoms with Crippen molar-refractivity contribution in [1.29, 1.82) is 0 Å². The molecular weight excluding hydrogens is 190 g/mol. The Morgan fingerprint density at radius 2 is 2.00 bits per heavy atom. The van der Waals surface area contributed by atoms with Crippen molar-refractivity contribution in [2.75, 3.05) is 0 Å². The Kier molecular flexibility index (Phi) is 3.30. The molecule has 4 heteroatoms. The molecule has 1 rings (SSSR count). The monoisotopic (exact) mass is 200 g/mol. The zero-order valence-corrected chi connectivity index (χ0v) is 7.63. The molecule has 0 radical (unpaired) electrons.